The quantitative estimate of drug-likeness (QED) is 0.821. The average Bonchev–Trinajstić information content (AvgIpc) is 3.08. The van der Waals surface area contributed by atoms with Crippen molar-refractivity contribution < 1.29 is 9.21 Å². The molecule has 0 aliphatic rings. The van der Waals surface area contributed by atoms with E-state index in [1.165, 1.54) is 11.8 Å². The van der Waals surface area contributed by atoms with Crippen LogP contribution < -0.4 is 11.1 Å². The van der Waals surface area contributed by atoms with Crippen LogP contribution in [0.5, 0.6) is 0 Å². The van der Waals surface area contributed by atoms with Gasteiger partial charge in [0.2, 0.25) is 5.89 Å². The lowest BCUT2D eigenvalue weighted by atomic mass is 10.0. The van der Waals surface area contributed by atoms with Crippen molar-refractivity contribution >= 4 is 5.91 Å². The largest absolute Gasteiger partial charge is 0.446 e. The molecule has 0 spiro atoms. The van der Waals surface area contributed by atoms with Gasteiger partial charge in [-0.1, -0.05) is 57.5 Å². The molecule has 0 radical (unpaired) electrons. The zero-order valence-electron chi connectivity index (χ0n) is 14.0. The van der Waals surface area contributed by atoms with Gasteiger partial charge in [0.1, 0.15) is 6.26 Å². The number of nitrogens with two attached hydrogens (primary N) is 1. The van der Waals surface area contributed by atoms with Gasteiger partial charge in [0.15, 0.2) is 5.69 Å². The van der Waals surface area contributed by atoms with Crippen LogP contribution >= 0.6 is 0 Å². The number of benzene rings is 1. The van der Waals surface area contributed by atoms with E-state index in [1.54, 1.807) is 0 Å². The Balaban J connectivity index is 1.93. The molecule has 0 fully saturated rings. The predicted octanol–water partition coefficient (Wildman–Crippen LogP) is 3.25. The Labute approximate surface area is 137 Å². The third-order valence-electron chi connectivity index (χ3n) is 4.23. The van der Waals surface area contributed by atoms with E-state index in [1.807, 2.05) is 25.1 Å². The minimum absolute atomic E-state index is 0.230. The topological polar surface area (TPSA) is 81.1 Å². The Hall–Kier alpha value is -2.14. The smallest absolute Gasteiger partial charge is 0.273 e. The van der Waals surface area contributed by atoms with Crippen LogP contribution in [0.2, 0.25) is 0 Å². The highest BCUT2D eigenvalue weighted by atomic mass is 16.3. The standard InChI is InChI=1S/C18H25N3O2/c1-4-12(2)16(19)18-21-15(11-23-18)17(22)20-10-13(3)14-8-6-5-7-9-14/h5-9,11-13,16H,4,10,19H2,1-3H3,(H,20,22). The SMILES string of the molecule is CCC(C)C(N)c1nc(C(=O)NCC(C)c2ccccc2)co1. The lowest BCUT2D eigenvalue weighted by molar-refractivity contribution is 0.0946. The second kappa shape index (κ2) is 7.92. The molecule has 5 nitrogen and oxygen atoms in total. The van der Waals surface area contributed by atoms with Crippen LogP contribution in [0, 0.1) is 5.92 Å². The van der Waals surface area contributed by atoms with Gasteiger partial charge in [-0.05, 0) is 17.4 Å². The second-order valence-corrected chi connectivity index (χ2v) is 6.00. The van der Waals surface area contributed by atoms with E-state index < -0.39 is 0 Å². The summed E-state index contributed by atoms with van der Waals surface area (Å²) >= 11 is 0. The number of hydrogen-bond donors (Lipinski definition) is 2. The normalized spacial score (nSPS) is 15.0. The molecule has 3 N–H and O–H groups in total. The molecule has 1 aromatic carbocycles. The number of carbonyl (C=O) groups is 1. The maximum atomic E-state index is 12.2. The van der Waals surface area contributed by atoms with Gasteiger partial charge >= 0.3 is 0 Å². The van der Waals surface area contributed by atoms with Crippen molar-refractivity contribution in [2.45, 2.75) is 39.2 Å². The summed E-state index contributed by atoms with van der Waals surface area (Å²) in [7, 11) is 0. The fourth-order valence-corrected chi connectivity index (χ4v) is 2.28. The van der Waals surface area contributed by atoms with Gasteiger partial charge in [0.05, 0.1) is 6.04 Å². The molecule has 1 amide bonds. The first-order valence-electron chi connectivity index (χ1n) is 8.07. The Morgan fingerprint density at radius 3 is 2.65 bits per heavy atom. The summed E-state index contributed by atoms with van der Waals surface area (Å²) in [5, 5.41) is 2.89. The molecule has 0 aliphatic heterocycles. The Kier molecular flexibility index (Phi) is 5.93. The summed E-state index contributed by atoms with van der Waals surface area (Å²) in [6.07, 6.45) is 2.31. The molecular weight excluding hydrogens is 290 g/mol. The maximum Gasteiger partial charge on any atom is 0.273 e. The van der Waals surface area contributed by atoms with Crippen LogP contribution in [0.25, 0.3) is 0 Å². The van der Waals surface area contributed by atoms with Crippen molar-refractivity contribution in [3.8, 4) is 0 Å². The Bertz CT molecular complexity index is 624. The molecule has 23 heavy (non-hydrogen) atoms. The van der Waals surface area contributed by atoms with E-state index in [0.717, 1.165) is 6.42 Å². The first-order chi connectivity index (χ1) is 11.0. The number of aromatic nitrogens is 1. The molecule has 0 saturated carbocycles. The fourth-order valence-electron chi connectivity index (χ4n) is 2.28. The molecule has 0 saturated heterocycles. The first-order valence-corrected chi connectivity index (χ1v) is 8.07. The summed E-state index contributed by atoms with van der Waals surface area (Å²) < 4.78 is 5.37. The van der Waals surface area contributed by atoms with E-state index in [9.17, 15) is 4.79 Å². The van der Waals surface area contributed by atoms with Gasteiger partial charge in [-0.3, -0.25) is 4.79 Å². The lowest BCUT2D eigenvalue weighted by Gasteiger charge is -2.14. The highest BCUT2D eigenvalue weighted by Crippen LogP contribution is 2.21. The van der Waals surface area contributed by atoms with E-state index in [0.29, 0.717) is 12.4 Å². The molecule has 1 heterocycles. The molecule has 2 rings (SSSR count). The third-order valence-corrected chi connectivity index (χ3v) is 4.23. The predicted molar refractivity (Wildman–Crippen MR) is 90.1 cm³/mol. The lowest BCUT2D eigenvalue weighted by Crippen LogP contribution is -2.28. The molecule has 0 bridgehead atoms. The molecule has 0 aliphatic carbocycles. The van der Waals surface area contributed by atoms with Gasteiger partial charge in [-0.25, -0.2) is 4.98 Å². The van der Waals surface area contributed by atoms with E-state index in [2.05, 4.69) is 36.3 Å². The summed E-state index contributed by atoms with van der Waals surface area (Å²) in [4.78, 5) is 16.4. The first kappa shape index (κ1) is 17.2. The van der Waals surface area contributed by atoms with Crippen molar-refractivity contribution in [1.82, 2.24) is 10.3 Å². The summed E-state index contributed by atoms with van der Waals surface area (Å²) in [6.45, 7) is 6.72. The molecule has 1 aromatic heterocycles. The number of nitrogens with zero attached hydrogens (tertiary/aromatic N) is 1. The summed E-state index contributed by atoms with van der Waals surface area (Å²) in [6, 6.07) is 9.78. The van der Waals surface area contributed by atoms with Crippen molar-refractivity contribution in [3.63, 3.8) is 0 Å². The molecule has 124 valence electrons. The van der Waals surface area contributed by atoms with Crippen LogP contribution in [0.1, 0.15) is 61.1 Å². The third kappa shape index (κ3) is 4.42. The fraction of sp³-hybridized carbons (Fsp3) is 0.444. The zero-order chi connectivity index (χ0) is 16.8. The van der Waals surface area contributed by atoms with Crippen molar-refractivity contribution in [2.75, 3.05) is 6.54 Å². The number of carbonyl (C=O) groups excluding carboxylic acids is 1. The molecule has 2 aromatic rings. The van der Waals surface area contributed by atoms with Crippen LogP contribution in [-0.2, 0) is 0 Å². The second-order valence-electron chi connectivity index (χ2n) is 6.00. The van der Waals surface area contributed by atoms with Gasteiger partial charge < -0.3 is 15.5 Å². The monoisotopic (exact) mass is 315 g/mol. The van der Waals surface area contributed by atoms with Gasteiger partial charge in [-0.2, -0.15) is 0 Å². The van der Waals surface area contributed by atoms with E-state index in [-0.39, 0.29) is 29.5 Å². The zero-order valence-corrected chi connectivity index (χ0v) is 14.0. The van der Waals surface area contributed by atoms with Crippen LogP contribution in [0.4, 0.5) is 0 Å². The van der Waals surface area contributed by atoms with Crippen molar-refractivity contribution in [1.29, 1.82) is 0 Å². The molecule has 3 atom stereocenters. The number of oxazole rings is 1. The highest BCUT2D eigenvalue weighted by Gasteiger charge is 2.21. The summed E-state index contributed by atoms with van der Waals surface area (Å²) in [5.41, 5.74) is 7.54. The number of amides is 1. The molecular formula is C18H25N3O2. The Morgan fingerprint density at radius 1 is 1.30 bits per heavy atom. The van der Waals surface area contributed by atoms with Crippen LogP contribution in [0.15, 0.2) is 41.0 Å². The maximum absolute atomic E-state index is 12.2. The van der Waals surface area contributed by atoms with Gasteiger partial charge in [-0.15, -0.1) is 0 Å². The van der Waals surface area contributed by atoms with E-state index >= 15 is 0 Å². The average molecular weight is 315 g/mol. The van der Waals surface area contributed by atoms with Crippen molar-refractivity contribution in [3.05, 3.63) is 53.7 Å². The Morgan fingerprint density at radius 2 is 2.00 bits per heavy atom. The van der Waals surface area contributed by atoms with Crippen molar-refractivity contribution in [2.24, 2.45) is 11.7 Å². The van der Waals surface area contributed by atoms with E-state index in [4.69, 9.17) is 10.2 Å². The minimum Gasteiger partial charge on any atom is -0.446 e. The number of nitrogens with one attached hydrogen (secondary N) is 1. The van der Waals surface area contributed by atoms with Gasteiger partial charge in [0, 0.05) is 6.54 Å². The molecule has 3 unspecified atom stereocenters. The van der Waals surface area contributed by atoms with Crippen LogP contribution in [-0.4, -0.2) is 17.4 Å². The molecule has 5 heteroatoms. The summed E-state index contributed by atoms with van der Waals surface area (Å²) in [5.74, 6) is 0.663. The van der Waals surface area contributed by atoms with Crippen LogP contribution in [0.3, 0.4) is 0 Å². The van der Waals surface area contributed by atoms with Gasteiger partial charge in [0.25, 0.3) is 5.91 Å². The number of rotatable bonds is 7. The minimum atomic E-state index is -0.287. The highest BCUT2D eigenvalue weighted by molar-refractivity contribution is 5.91. The number of hydrogen-bond acceptors (Lipinski definition) is 4.